The van der Waals surface area contributed by atoms with Gasteiger partial charge in [-0.3, -0.25) is 4.79 Å². The molecular weight excluding hydrogens is 210 g/mol. The molecular formula is C11H21NO2S. The molecule has 0 heterocycles. The number of aliphatic hydroxyl groups is 1. The van der Waals surface area contributed by atoms with Crippen LogP contribution in [0.25, 0.3) is 0 Å². The topological polar surface area (TPSA) is 49.3 Å². The first-order valence-electron chi connectivity index (χ1n) is 5.64. The van der Waals surface area contributed by atoms with Crippen molar-refractivity contribution in [3.8, 4) is 0 Å². The Balaban J connectivity index is 2.06. The molecule has 0 spiro atoms. The van der Waals surface area contributed by atoms with Gasteiger partial charge < -0.3 is 10.4 Å². The summed E-state index contributed by atoms with van der Waals surface area (Å²) < 4.78 is 0. The van der Waals surface area contributed by atoms with Gasteiger partial charge in [0.15, 0.2) is 0 Å². The van der Waals surface area contributed by atoms with Crippen molar-refractivity contribution in [2.45, 2.75) is 44.5 Å². The number of thioether (sulfide) groups is 1. The molecule has 1 aliphatic rings. The Morgan fingerprint density at radius 1 is 1.53 bits per heavy atom. The van der Waals surface area contributed by atoms with Crippen LogP contribution in [0.5, 0.6) is 0 Å². The summed E-state index contributed by atoms with van der Waals surface area (Å²) in [5.74, 6) is 1.15. The lowest BCUT2D eigenvalue weighted by atomic mass is 10.1. The highest BCUT2D eigenvalue weighted by atomic mass is 32.2. The van der Waals surface area contributed by atoms with Gasteiger partial charge in [0.2, 0.25) is 5.91 Å². The van der Waals surface area contributed by atoms with Crippen molar-refractivity contribution in [2.24, 2.45) is 5.92 Å². The molecule has 0 saturated heterocycles. The van der Waals surface area contributed by atoms with Crippen molar-refractivity contribution in [1.82, 2.24) is 5.32 Å². The number of aliphatic hydroxyl groups excluding tert-OH is 1. The van der Waals surface area contributed by atoms with Crippen molar-refractivity contribution in [1.29, 1.82) is 0 Å². The maximum absolute atomic E-state index is 11.4. The quantitative estimate of drug-likeness (QED) is 0.752. The largest absolute Gasteiger partial charge is 0.393 e. The predicted octanol–water partition coefficient (Wildman–Crippen LogP) is 1.41. The first-order chi connectivity index (χ1) is 7.08. The fourth-order valence-electron chi connectivity index (χ4n) is 1.79. The van der Waals surface area contributed by atoms with Crippen LogP contribution in [0.1, 0.15) is 33.1 Å². The molecule has 0 aromatic carbocycles. The number of amides is 1. The highest BCUT2D eigenvalue weighted by Gasteiger charge is 2.22. The minimum absolute atomic E-state index is 0.120. The Labute approximate surface area is 96.0 Å². The van der Waals surface area contributed by atoms with Gasteiger partial charge in [-0.15, -0.1) is 11.8 Å². The Morgan fingerprint density at radius 3 is 2.80 bits per heavy atom. The molecule has 2 unspecified atom stereocenters. The van der Waals surface area contributed by atoms with Gasteiger partial charge in [-0.2, -0.15) is 0 Å². The second kappa shape index (κ2) is 6.38. The minimum Gasteiger partial charge on any atom is -0.393 e. The normalized spacial score (nSPS) is 25.9. The van der Waals surface area contributed by atoms with Gasteiger partial charge in [0.05, 0.1) is 11.9 Å². The van der Waals surface area contributed by atoms with E-state index in [4.69, 9.17) is 0 Å². The Hall–Kier alpha value is -0.220. The molecule has 3 nitrogen and oxygen atoms in total. The third kappa shape index (κ3) is 5.42. The van der Waals surface area contributed by atoms with Gasteiger partial charge in [0, 0.05) is 6.54 Å². The smallest absolute Gasteiger partial charge is 0.230 e. The third-order valence-corrected chi connectivity index (χ3v) is 3.74. The molecule has 88 valence electrons. The van der Waals surface area contributed by atoms with Crippen LogP contribution in [0.15, 0.2) is 0 Å². The SMILES string of the molecule is CC(C)SCC(=O)NCC1CCC(O)C1. The summed E-state index contributed by atoms with van der Waals surface area (Å²) in [6.45, 7) is 4.91. The molecule has 15 heavy (non-hydrogen) atoms. The second-order valence-electron chi connectivity index (χ2n) is 4.50. The van der Waals surface area contributed by atoms with Crippen LogP contribution in [0, 0.1) is 5.92 Å². The van der Waals surface area contributed by atoms with Crippen molar-refractivity contribution in [3.63, 3.8) is 0 Å². The first kappa shape index (κ1) is 12.8. The molecule has 0 aliphatic heterocycles. The summed E-state index contributed by atoms with van der Waals surface area (Å²) in [5, 5.41) is 12.8. The molecule has 0 aromatic rings. The average molecular weight is 231 g/mol. The fourth-order valence-corrected chi connectivity index (χ4v) is 2.37. The van der Waals surface area contributed by atoms with Crippen LogP contribution >= 0.6 is 11.8 Å². The zero-order chi connectivity index (χ0) is 11.3. The second-order valence-corrected chi connectivity index (χ2v) is 6.06. The molecule has 0 bridgehead atoms. The first-order valence-corrected chi connectivity index (χ1v) is 6.69. The van der Waals surface area contributed by atoms with Crippen LogP contribution < -0.4 is 5.32 Å². The van der Waals surface area contributed by atoms with E-state index in [1.165, 1.54) is 0 Å². The average Bonchev–Trinajstić information content (AvgIpc) is 2.58. The number of rotatable bonds is 5. The van der Waals surface area contributed by atoms with Gasteiger partial charge in [-0.1, -0.05) is 13.8 Å². The maximum Gasteiger partial charge on any atom is 0.230 e. The Bertz CT molecular complexity index is 209. The lowest BCUT2D eigenvalue weighted by molar-refractivity contribution is -0.118. The molecule has 1 aliphatic carbocycles. The molecule has 1 rings (SSSR count). The summed E-state index contributed by atoms with van der Waals surface area (Å²) in [6.07, 6.45) is 2.63. The van der Waals surface area contributed by atoms with Crippen molar-refractivity contribution >= 4 is 17.7 Å². The van der Waals surface area contributed by atoms with E-state index in [-0.39, 0.29) is 12.0 Å². The van der Waals surface area contributed by atoms with E-state index in [2.05, 4.69) is 19.2 Å². The number of hydrogen-bond donors (Lipinski definition) is 2. The van der Waals surface area contributed by atoms with Gasteiger partial charge >= 0.3 is 0 Å². The number of hydrogen-bond acceptors (Lipinski definition) is 3. The highest BCUT2D eigenvalue weighted by molar-refractivity contribution is 8.00. The molecule has 1 amide bonds. The van der Waals surface area contributed by atoms with E-state index in [1.807, 2.05) is 0 Å². The van der Waals surface area contributed by atoms with E-state index in [0.717, 1.165) is 25.8 Å². The standard InChI is InChI=1S/C11H21NO2S/c1-8(2)15-7-11(14)12-6-9-3-4-10(13)5-9/h8-10,13H,3-7H2,1-2H3,(H,12,14). The van der Waals surface area contributed by atoms with E-state index in [9.17, 15) is 9.90 Å². The van der Waals surface area contributed by atoms with E-state index < -0.39 is 0 Å². The number of carbonyl (C=O) groups is 1. The maximum atomic E-state index is 11.4. The number of nitrogens with one attached hydrogen (secondary N) is 1. The van der Waals surface area contributed by atoms with Crippen LogP contribution in [-0.2, 0) is 4.79 Å². The molecule has 4 heteroatoms. The zero-order valence-corrected chi connectivity index (χ0v) is 10.3. The van der Waals surface area contributed by atoms with Crippen LogP contribution in [-0.4, -0.2) is 34.7 Å². The van der Waals surface area contributed by atoms with Crippen molar-refractivity contribution in [2.75, 3.05) is 12.3 Å². The van der Waals surface area contributed by atoms with Gasteiger partial charge in [-0.05, 0) is 30.4 Å². The monoisotopic (exact) mass is 231 g/mol. The molecule has 0 radical (unpaired) electrons. The van der Waals surface area contributed by atoms with Crippen molar-refractivity contribution < 1.29 is 9.90 Å². The third-order valence-electron chi connectivity index (χ3n) is 2.65. The zero-order valence-electron chi connectivity index (χ0n) is 9.53. The molecule has 0 aromatic heterocycles. The van der Waals surface area contributed by atoms with Crippen LogP contribution in [0.3, 0.4) is 0 Å². The fraction of sp³-hybridized carbons (Fsp3) is 0.909. The predicted molar refractivity (Wildman–Crippen MR) is 64.0 cm³/mol. The summed E-state index contributed by atoms with van der Waals surface area (Å²) in [7, 11) is 0. The Kier molecular flexibility index (Phi) is 5.47. The highest BCUT2D eigenvalue weighted by Crippen LogP contribution is 2.24. The molecule has 2 N–H and O–H groups in total. The molecule has 1 saturated carbocycles. The van der Waals surface area contributed by atoms with Crippen LogP contribution in [0.2, 0.25) is 0 Å². The van der Waals surface area contributed by atoms with E-state index in [0.29, 0.717) is 16.9 Å². The summed E-state index contributed by atoms with van der Waals surface area (Å²) >= 11 is 1.66. The lowest BCUT2D eigenvalue weighted by Crippen LogP contribution is -2.30. The molecule has 1 fully saturated rings. The number of carbonyl (C=O) groups excluding carboxylic acids is 1. The summed E-state index contributed by atoms with van der Waals surface area (Å²) in [5.41, 5.74) is 0. The lowest BCUT2D eigenvalue weighted by Gasteiger charge is -2.11. The minimum atomic E-state index is -0.142. The van der Waals surface area contributed by atoms with E-state index >= 15 is 0 Å². The van der Waals surface area contributed by atoms with Crippen LogP contribution in [0.4, 0.5) is 0 Å². The summed E-state index contributed by atoms with van der Waals surface area (Å²) in [6, 6.07) is 0. The van der Waals surface area contributed by atoms with E-state index in [1.54, 1.807) is 11.8 Å². The van der Waals surface area contributed by atoms with Gasteiger partial charge in [0.1, 0.15) is 0 Å². The van der Waals surface area contributed by atoms with Gasteiger partial charge in [-0.25, -0.2) is 0 Å². The molecule has 2 atom stereocenters. The van der Waals surface area contributed by atoms with Crippen molar-refractivity contribution in [3.05, 3.63) is 0 Å². The summed E-state index contributed by atoms with van der Waals surface area (Å²) in [4.78, 5) is 11.4. The van der Waals surface area contributed by atoms with Gasteiger partial charge in [0.25, 0.3) is 0 Å². The Morgan fingerprint density at radius 2 is 2.27 bits per heavy atom.